The fraction of sp³-hybridized carbons (Fsp3) is 0.500. The highest BCUT2D eigenvalue weighted by Gasteiger charge is 2.09. The van der Waals surface area contributed by atoms with Gasteiger partial charge in [0.15, 0.2) is 0 Å². The molecule has 0 unspecified atom stereocenters. The highest BCUT2D eigenvalue weighted by atomic mass is 19.3. The van der Waals surface area contributed by atoms with E-state index in [4.69, 9.17) is 0 Å². The van der Waals surface area contributed by atoms with Crippen LogP contribution in [0.15, 0.2) is 12.3 Å². The van der Waals surface area contributed by atoms with Crippen molar-refractivity contribution in [3.8, 4) is 0 Å². The van der Waals surface area contributed by atoms with Crippen LogP contribution in [0.25, 0.3) is 0 Å². The first-order valence-electron chi connectivity index (χ1n) is 4.15. The molecule has 78 valence electrons. The Labute approximate surface area is 79.9 Å². The molecule has 0 saturated carbocycles. The summed E-state index contributed by atoms with van der Waals surface area (Å²) in [7, 11) is 1.68. The van der Waals surface area contributed by atoms with E-state index in [1.165, 1.54) is 10.7 Å². The van der Waals surface area contributed by atoms with Crippen molar-refractivity contribution in [3.05, 3.63) is 18.0 Å². The number of aromatic nitrogens is 2. The quantitative estimate of drug-likeness (QED) is 0.787. The number of halogens is 2. The van der Waals surface area contributed by atoms with Crippen molar-refractivity contribution < 1.29 is 13.6 Å². The lowest BCUT2D eigenvalue weighted by molar-refractivity contribution is 0.0928. The maximum atomic E-state index is 11.7. The number of nitrogens with zero attached hydrogens (tertiary/aromatic N) is 2. The predicted octanol–water partition coefficient (Wildman–Crippen LogP) is 0.805. The Hall–Kier alpha value is -1.46. The standard InChI is InChI=1S/C8H11F2N3O/c1-13-5-3-6(12-13)8(14)11-4-2-7(9)10/h3,5,7H,2,4H2,1H3,(H,11,14). The van der Waals surface area contributed by atoms with Crippen molar-refractivity contribution in [3.63, 3.8) is 0 Å². The zero-order chi connectivity index (χ0) is 10.6. The molecule has 1 rings (SSSR count). The molecule has 0 aliphatic heterocycles. The van der Waals surface area contributed by atoms with Gasteiger partial charge in [-0.2, -0.15) is 5.10 Å². The molecule has 0 aliphatic rings. The van der Waals surface area contributed by atoms with Crippen LogP contribution in [0.5, 0.6) is 0 Å². The monoisotopic (exact) mass is 203 g/mol. The van der Waals surface area contributed by atoms with Gasteiger partial charge in [-0.05, 0) is 6.07 Å². The number of carbonyl (C=O) groups is 1. The van der Waals surface area contributed by atoms with E-state index in [-0.39, 0.29) is 18.7 Å². The minimum atomic E-state index is -2.39. The lowest BCUT2D eigenvalue weighted by atomic mass is 10.4. The van der Waals surface area contributed by atoms with Crippen LogP contribution in [0.4, 0.5) is 8.78 Å². The fourth-order valence-electron chi connectivity index (χ4n) is 0.922. The number of rotatable bonds is 4. The first-order chi connectivity index (χ1) is 6.59. The van der Waals surface area contributed by atoms with Crippen molar-refractivity contribution >= 4 is 5.91 Å². The van der Waals surface area contributed by atoms with Crippen molar-refractivity contribution in [2.45, 2.75) is 12.8 Å². The maximum absolute atomic E-state index is 11.7. The van der Waals surface area contributed by atoms with Crippen molar-refractivity contribution in [1.29, 1.82) is 0 Å². The van der Waals surface area contributed by atoms with Crippen LogP contribution in [-0.2, 0) is 7.05 Å². The van der Waals surface area contributed by atoms with Crippen LogP contribution in [-0.4, -0.2) is 28.7 Å². The number of alkyl halides is 2. The van der Waals surface area contributed by atoms with Gasteiger partial charge in [-0.3, -0.25) is 9.48 Å². The third kappa shape index (κ3) is 3.12. The Bertz CT molecular complexity index is 311. The van der Waals surface area contributed by atoms with Gasteiger partial charge < -0.3 is 5.32 Å². The second kappa shape index (κ2) is 4.69. The van der Waals surface area contributed by atoms with E-state index in [0.717, 1.165) is 0 Å². The maximum Gasteiger partial charge on any atom is 0.271 e. The van der Waals surface area contributed by atoms with Crippen LogP contribution >= 0.6 is 0 Å². The van der Waals surface area contributed by atoms with Gasteiger partial charge in [0, 0.05) is 26.2 Å². The molecule has 4 nitrogen and oxygen atoms in total. The summed E-state index contributed by atoms with van der Waals surface area (Å²) in [6.45, 7) is -0.0346. The molecule has 1 heterocycles. The minimum absolute atomic E-state index is 0.0346. The first-order valence-corrected chi connectivity index (χ1v) is 4.15. The van der Waals surface area contributed by atoms with Crippen molar-refractivity contribution in [2.75, 3.05) is 6.54 Å². The number of aryl methyl sites for hydroxylation is 1. The van der Waals surface area contributed by atoms with Gasteiger partial charge in [-0.25, -0.2) is 8.78 Å². The highest BCUT2D eigenvalue weighted by molar-refractivity contribution is 5.92. The van der Waals surface area contributed by atoms with Crippen LogP contribution in [0.1, 0.15) is 16.9 Å². The molecular weight excluding hydrogens is 192 g/mol. The molecule has 0 bridgehead atoms. The Kier molecular flexibility index (Phi) is 3.55. The third-order valence-corrected chi connectivity index (χ3v) is 1.59. The van der Waals surface area contributed by atoms with Crippen LogP contribution in [0.2, 0.25) is 0 Å². The largest absolute Gasteiger partial charge is 0.350 e. The molecular formula is C8H11F2N3O. The lowest BCUT2D eigenvalue weighted by Crippen LogP contribution is -2.26. The van der Waals surface area contributed by atoms with Crippen LogP contribution < -0.4 is 5.32 Å². The highest BCUT2D eigenvalue weighted by Crippen LogP contribution is 1.98. The van der Waals surface area contributed by atoms with E-state index in [0.29, 0.717) is 0 Å². The molecule has 0 aromatic carbocycles. The summed E-state index contributed by atoms with van der Waals surface area (Å²) >= 11 is 0. The zero-order valence-corrected chi connectivity index (χ0v) is 7.70. The molecule has 1 amide bonds. The number of hydrogen-bond acceptors (Lipinski definition) is 2. The summed E-state index contributed by atoms with van der Waals surface area (Å²) in [4.78, 5) is 11.2. The third-order valence-electron chi connectivity index (χ3n) is 1.59. The Morgan fingerprint density at radius 1 is 1.71 bits per heavy atom. The molecule has 1 aromatic heterocycles. The predicted molar refractivity (Wildman–Crippen MR) is 46.2 cm³/mol. The summed E-state index contributed by atoms with van der Waals surface area (Å²) in [6, 6.07) is 1.53. The van der Waals surface area contributed by atoms with Gasteiger partial charge in [0.1, 0.15) is 5.69 Å². The lowest BCUT2D eigenvalue weighted by Gasteiger charge is -2.01. The second-order valence-corrected chi connectivity index (χ2v) is 2.81. The average Bonchev–Trinajstić information content (AvgIpc) is 2.51. The Morgan fingerprint density at radius 2 is 2.43 bits per heavy atom. The summed E-state index contributed by atoms with van der Waals surface area (Å²) in [5.41, 5.74) is 0.238. The van der Waals surface area contributed by atoms with Gasteiger partial charge >= 0.3 is 0 Å². The Balaban J connectivity index is 2.36. The summed E-state index contributed by atoms with van der Waals surface area (Å²) < 4.78 is 24.9. The van der Waals surface area contributed by atoms with E-state index >= 15 is 0 Å². The number of amides is 1. The van der Waals surface area contributed by atoms with E-state index < -0.39 is 12.3 Å². The number of hydrogen-bond donors (Lipinski definition) is 1. The molecule has 0 spiro atoms. The topological polar surface area (TPSA) is 46.9 Å². The number of carbonyl (C=O) groups excluding carboxylic acids is 1. The van der Waals surface area contributed by atoms with Gasteiger partial charge in [0.2, 0.25) is 6.43 Å². The van der Waals surface area contributed by atoms with Crippen LogP contribution in [0, 0.1) is 0 Å². The molecule has 0 radical (unpaired) electrons. The minimum Gasteiger partial charge on any atom is -0.350 e. The first kappa shape index (κ1) is 10.6. The molecule has 0 fully saturated rings. The molecule has 14 heavy (non-hydrogen) atoms. The molecule has 0 saturated heterocycles. The van der Waals surface area contributed by atoms with Gasteiger partial charge in [0.05, 0.1) is 0 Å². The molecule has 1 N–H and O–H groups in total. The summed E-state index contributed by atoms with van der Waals surface area (Å²) in [6.07, 6.45) is -1.11. The Morgan fingerprint density at radius 3 is 2.93 bits per heavy atom. The smallest absolute Gasteiger partial charge is 0.271 e. The van der Waals surface area contributed by atoms with Crippen LogP contribution in [0.3, 0.4) is 0 Å². The second-order valence-electron chi connectivity index (χ2n) is 2.81. The molecule has 6 heteroatoms. The summed E-state index contributed by atoms with van der Waals surface area (Å²) in [5.74, 6) is -0.425. The van der Waals surface area contributed by atoms with E-state index in [9.17, 15) is 13.6 Å². The van der Waals surface area contributed by atoms with Gasteiger partial charge in [0.25, 0.3) is 5.91 Å². The van der Waals surface area contributed by atoms with E-state index in [1.54, 1.807) is 13.2 Å². The number of nitrogens with one attached hydrogen (secondary N) is 1. The van der Waals surface area contributed by atoms with E-state index in [2.05, 4.69) is 10.4 Å². The van der Waals surface area contributed by atoms with Gasteiger partial charge in [-0.1, -0.05) is 0 Å². The average molecular weight is 203 g/mol. The zero-order valence-electron chi connectivity index (χ0n) is 7.70. The molecule has 0 aliphatic carbocycles. The molecule has 0 atom stereocenters. The fourth-order valence-corrected chi connectivity index (χ4v) is 0.922. The van der Waals surface area contributed by atoms with E-state index in [1.807, 2.05) is 0 Å². The molecule has 1 aromatic rings. The van der Waals surface area contributed by atoms with Crippen molar-refractivity contribution in [2.24, 2.45) is 7.05 Å². The SMILES string of the molecule is Cn1ccc(C(=O)NCCC(F)F)n1. The normalized spacial score (nSPS) is 10.6. The van der Waals surface area contributed by atoms with Gasteiger partial charge in [-0.15, -0.1) is 0 Å². The summed E-state index contributed by atoms with van der Waals surface area (Å²) in [5, 5.41) is 6.17. The van der Waals surface area contributed by atoms with Crippen molar-refractivity contribution in [1.82, 2.24) is 15.1 Å².